The lowest BCUT2D eigenvalue weighted by Crippen LogP contribution is -2.32. The Morgan fingerprint density at radius 1 is 0.818 bits per heavy atom. The monoisotopic (exact) mass is 448 g/mol. The van der Waals surface area contributed by atoms with E-state index in [1.165, 1.54) is 70.1 Å². The summed E-state index contributed by atoms with van der Waals surface area (Å²) in [5, 5.41) is 8.30. The van der Waals surface area contributed by atoms with Gasteiger partial charge in [-0.1, -0.05) is 75.0 Å². The highest BCUT2D eigenvalue weighted by molar-refractivity contribution is 8.00. The van der Waals surface area contributed by atoms with Crippen LogP contribution in [0.4, 0.5) is 0 Å². The zero-order chi connectivity index (χ0) is 23.1. The van der Waals surface area contributed by atoms with Crippen molar-refractivity contribution in [1.29, 1.82) is 0 Å². The van der Waals surface area contributed by atoms with Crippen molar-refractivity contribution in [2.45, 2.75) is 50.8 Å². The van der Waals surface area contributed by atoms with E-state index in [1.807, 2.05) is 11.8 Å². The van der Waals surface area contributed by atoms with Gasteiger partial charge < -0.3 is 0 Å². The third-order valence-corrected chi connectivity index (χ3v) is 8.41. The largest absolute Gasteiger partial charge is 0.222 e. The van der Waals surface area contributed by atoms with Crippen molar-refractivity contribution in [3.8, 4) is 11.3 Å². The summed E-state index contributed by atoms with van der Waals surface area (Å²) < 4.78 is 2.34. The number of hydrogen-bond donors (Lipinski definition) is 0. The van der Waals surface area contributed by atoms with E-state index in [2.05, 4.69) is 107 Å². The first kappa shape index (κ1) is 20.7. The van der Waals surface area contributed by atoms with Gasteiger partial charge in [0.05, 0.1) is 10.9 Å². The van der Waals surface area contributed by atoms with Gasteiger partial charge in [-0.2, -0.15) is 0 Å². The number of rotatable bonds is 1. The maximum atomic E-state index is 2.44. The normalized spacial score (nSPS) is 13.2. The fourth-order valence-electron chi connectivity index (χ4n) is 5.76. The Hall–Kier alpha value is -2.84. The molecular weight excluding hydrogens is 418 g/mol. The second-order valence-electron chi connectivity index (χ2n) is 10.8. The average molecular weight is 449 g/mol. The van der Waals surface area contributed by atoms with E-state index in [4.69, 9.17) is 0 Å². The molecule has 0 amide bonds. The van der Waals surface area contributed by atoms with Crippen molar-refractivity contribution in [3.63, 3.8) is 0 Å². The highest BCUT2D eigenvalue weighted by Gasteiger charge is 2.31. The van der Waals surface area contributed by atoms with Gasteiger partial charge in [0.15, 0.2) is 6.20 Å². The lowest BCUT2D eigenvalue weighted by molar-refractivity contribution is -0.659. The predicted octanol–water partition coefficient (Wildman–Crippen LogP) is 8.31. The standard InChI is InChI=1S/C31H30NS/c1-18-22-12-7-8-13-23(22)19(2)30-26(18)29-28-24(14-15-32(29)6)27-20(16-25(28)33-30)10-9-11-21(27)17-31(3,4)5/h7-16H,17H2,1-6H3/q+1. The second-order valence-corrected chi connectivity index (χ2v) is 11.8. The molecule has 0 aliphatic carbocycles. The molecule has 2 heterocycles. The fourth-order valence-corrected chi connectivity index (χ4v) is 7.09. The van der Waals surface area contributed by atoms with Crippen LogP contribution in [0.15, 0.2) is 70.6 Å². The molecular formula is C31H30NS+. The van der Waals surface area contributed by atoms with Crippen molar-refractivity contribution in [2.75, 3.05) is 0 Å². The summed E-state index contributed by atoms with van der Waals surface area (Å²) in [7, 11) is 2.20. The molecule has 1 aliphatic heterocycles. The summed E-state index contributed by atoms with van der Waals surface area (Å²) in [6.07, 6.45) is 3.33. The van der Waals surface area contributed by atoms with E-state index in [1.54, 1.807) is 0 Å². The van der Waals surface area contributed by atoms with E-state index in [0.29, 0.717) is 0 Å². The van der Waals surface area contributed by atoms with Crippen molar-refractivity contribution < 1.29 is 4.57 Å². The number of aryl methyl sites for hydroxylation is 3. The van der Waals surface area contributed by atoms with Crippen molar-refractivity contribution >= 4 is 44.1 Å². The summed E-state index contributed by atoms with van der Waals surface area (Å²) in [5.41, 5.74) is 7.23. The Kier molecular flexibility index (Phi) is 4.45. The zero-order valence-corrected chi connectivity index (χ0v) is 21.2. The Bertz CT molecular complexity index is 1620. The van der Waals surface area contributed by atoms with Crippen LogP contribution in [0.5, 0.6) is 0 Å². The molecule has 0 atom stereocenters. The van der Waals surface area contributed by atoms with Gasteiger partial charge in [0.25, 0.3) is 0 Å². The van der Waals surface area contributed by atoms with Crippen LogP contribution < -0.4 is 4.57 Å². The minimum atomic E-state index is 0.243. The summed E-state index contributed by atoms with van der Waals surface area (Å²) in [6, 6.07) is 20.5. The topological polar surface area (TPSA) is 3.88 Å². The van der Waals surface area contributed by atoms with Gasteiger partial charge >= 0.3 is 0 Å². The number of benzene rings is 4. The van der Waals surface area contributed by atoms with Gasteiger partial charge in [0.1, 0.15) is 7.05 Å². The minimum Gasteiger partial charge on any atom is -0.200 e. The van der Waals surface area contributed by atoms with Crippen LogP contribution in [-0.4, -0.2) is 0 Å². The van der Waals surface area contributed by atoms with Crippen LogP contribution in [0.25, 0.3) is 43.6 Å². The Balaban J connectivity index is 1.79. The van der Waals surface area contributed by atoms with Crippen molar-refractivity contribution in [3.05, 3.63) is 77.5 Å². The lowest BCUT2D eigenvalue weighted by Gasteiger charge is -2.25. The Morgan fingerprint density at radius 3 is 2.27 bits per heavy atom. The zero-order valence-electron chi connectivity index (χ0n) is 20.3. The number of fused-ring (bicyclic) bond motifs is 5. The molecule has 0 saturated carbocycles. The molecule has 1 aromatic heterocycles. The summed E-state index contributed by atoms with van der Waals surface area (Å²) in [4.78, 5) is 2.79. The number of aromatic nitrogens is 1. The molecule has 2 heteroatoms. The highest BCUT2D eigenvalue weighted by Crippen LogP contribution is 2.52. The van der Waals surface area contributed by atoms with E-state index < -0.39 is 0 Å². The van der Waals surface area contributed by atoms with Crippen molar-refractivity contribution in [1.82, 2.24) is 0 Å². The molecule has 33 heavy (non-hydrogen) atoms. The van der Waals surface area contributed by atoms with Crippen LogP contribution in [0.1, 0.15) is 37.5 Å². The fraction of sp³-hybridized carbons (Fsp3) is 0.258. The van der Waals surface area contributed by atoms with Crippen LogP contribution in [-0.2, 0) is 13.5 Å². The molecule has 0 spiro atoms. The second kappa shape index (κ2) is 7.08. The molecule has 1 aliphatic rings. The molecule has 0 N–H and O–H groups in total. The maximum absolute atomic E-state index is 2.44. The number of nitrogens with zero attached hydrogens (tertiary/aromatic N) is 1. The van der Waals surface area contributed by atoms with Gasteiger partial charge in [-0.05, 0) is 70.0 Å². The van der Waals surface area contributed by atoms with Gasteiger partial charge in [-0.25, -0.2) is 4.57 Å². The van der Waals surface area contributed by atoms with Gasteiger partial charge in [-0.3, -0.25) is 0 Å². The summed E-state index contributed by atoms with van der Waals surface area (Å²) in [6.45, 7) is 11.6. The molecule has 1 nitrogen and oxygen atoms in total. The highest BCUT2D eigenvalue weighted by atomic mass is 32.2. The van der Waals surface area contributed by atoms with Gasteiger partial charge in [0.2, 0.25) is 5.69 Å². The molecule has 0 radical (unpaired) electrons. The van der Waals surface area contributed by atoms with E-state index in [9.17, 15) is 0 Å². The number of pyridine rings is 1. The maximum Gasteiger partial charge on any atom is 0.222 e. The molecule has 6 rings (SSSR count). The van der Waals surface area contributed by atoms with Crippen molar-refractivity contribution in [2.24, 2.45) is 12.5 Å². The third-order valence-electron chi connectivity index (χ3n) is 7.16. The van der Waals surface area contributed by atoms with Gasteiger partial charge in [-0.15, -0.1) is 0 Å². The Labute approximate surface area is 200 Å². The number of hydrogen-bond acceptors (Lipinski definition) is 1. The van der Waals surface area contributed by atoms with Crippen LogP contribution >= 0.6 is 11.8 Å². The smallest absolute Gasteiger partial charge is 0.200 e. The van der Waals surface area contributed by atoms with Gasteiger partial charge in [0, 0.05) is 21.2 Å². The van der Waals surface area contributed by atoms with Crippen LogP contribution in [0.3, 0.4) is 0 Å². The summed E-state index contributed by atoms with van der Waals surface area (Å²) in [5.74, 6) is 0. The molecule has 164 valence electrons. The first-order valence-electron chi connectivity index (χ1n) is 11.8. The van der Waals surface area contributed by atoms with E-state index in [-0.39, 0.29) is 5.41 Å². The minimum absolute atomic E-state index is 0.243. The van der Waals surface area contributed by atoms with Crippen LogP contribution in [0.2, 0.25) is 0 Å². The molecule has 0 fully saturated rings. The predicted molar refractivity (Wildman–Crippen MR) is 142 cm³/mol. The quantitative estimate of drug-likeness (QED) is 0.181. The van der Waals surface area contributed by atoms with Crippen LogP contribution in [0, 0.1) is 19.3 Å². The lowest BCUT2D eigenvalue weighted by atomic mass is 9.84. The molecule has 0 bridgehead atoms. The average Bonchev–Trinajstić information content (AvgIpc) is 2.77. The molecule has 0 saturated heterocycles. The van der Waals surface area contributed by atoms with E-state index in [0.717, 1.165) is 6.42 Å². The SMILES string of the molecule is Cc1c2c(c(C)c3ccccc13)-c1c3c(cc4cccc(CC(C)(C)C)c4c3cc[n+]1C)S2. The first-order valence-corrected chi connectivity index (χ1v) is 12.6. The third kappa shape index (κ3) is 3.04. The van der Waals surface area contributed by atoms with E-state index >= 15 is 0 Å². The first-order chi connectivity index (χ1) is 15.7. The molecule has 0 unspecified atom stereocenters. The molecule has 5 aromatic rings. The summed E-state index contributed by atoms with van der Waals surface area (Å²) >= 11 is 1.96. The molecule has 4 aromatic carbocycles. The Morgan fingerprint density at radius 2 is 1.55 bits per heavy atom.